The number of carbonyl (C=O) groups is 2. The molecule has 7 nitrogen and oxygen atoms in total. The van der Waals surface area contributed by atoms with E-state index >= 15 is 0 Å². The lowest BCUT2D eigenvalue weighted by Crippen LogP contribution is -2.48. The minimum absolute atomic E-state index is 0.0522. The number of nitrogens with one attached hydrogen (secondary N) is 3. The first-order chi connectivity index (χ1) is 18.5. The first kappa shape index (κ1) is 24.9. The number of rotatable bonds is 7. The molecule has 1 aliphatic rings. The average molecular weight is 504 g/mol. The average Bonchev–Trinajstić information content (AvgIpc) is 2.92. The van der Waals surface area contributed by atoms with E-state index in [-0.39, 0.29) is 17.7 Å². The molecule has 5 rings (SSSR count). The lowest BCUT2D eigenvalue weighted by Gasteiger charge is -2.39. The predicted molar refractivity (Wildman–Crippen MR) is 152 cm³/mol. The minimum Gasteiger partial charge on any atom is -0.388 e. The van der Waals surface area contributed by atoms with Gasteiger partial charge < -0.3 is 20.9 Å². The maximum atomic E-state index is 13.2. The molecule has 3 N–H and O–H groups in total. The Morgan fingerprint density at radius 3 is 2.45 bits per heavy atom. The molecule has 190 valence electrons. The van der Waals surface area contributed by atoms with Crippen molar-refractivity contribution < 1.29 is 9.59 Å². The van der Waals surface area contributed by atoms with E-state index in [1.807, 2.05) is 67.4 Å². The van der Waals surface area contributed by atoms with Gasteiger partial charge in [0.05, 0.1) is 5.52 Å². The van der Waals surface area contributed by atoms with Gasteiger partial charge in [0.2, 0.25) is 0 Å². The van der Waals surface area contributed by atoms with Crippen LogP contribution in [0.3, 0.4) is 0 Å². The summed E-state index contributed by atoms with van der Waals surface area (Å²) in [5, 5.41) is 14.3. The first-order valence-corrected chi connectivity index (χ1v) is 12.5. The zero-order valence-electron chi connectivity index (χ0n) is 21.4. The Hall–Kier alpha value is -4.78. The number of anilines is 1. The van der Waals surface area contributed by atoms with Crippen LogP contribution in [0.15, 0.2) is 84.9 Å². The molecule has 2 amide bonds. The Kier molecular flexibility index (Phi) is 7.00. The Balaban J connectivity index is 1.24. The van der Waals surface area contributed by atoms with Crippen LogP contribution >= 0.6 is 0 Å². The summed E-state index contributed by atoms with van der Waals surface area (Å²) in [6, 6.07) is 24.9. The van der Waals surface area contributed by atoms with Gasteiger partial charge in [-0.05, 0) is 54.0 Å². The number of hydrogen-bond donors (Lipinski definition) is 3. The molecule has 3 aromatic carbocycles. The van der Waals surface area contributed by atoms with E-state index in [4.69, 9.17) is 5.41 Å². The molecule has 2 heterocycles. The van der Waals surface area contributed by atoms with Crippen LogP contribution in [0.4, 0.5) is 5.69 Å². The molecule has 0 saturated carbocycles. The molecule has 0 radical (unpaired) electrons. The van der Waals surface area contributed by atoms with Crippen LogP contribution in [-0.4, -0.2) is 48.1 Å². The first-order valence-electron chi connectivity index (χ1n) is 12.5. The molecule has 1 saturated heterocycles. The van der Waals surface area contributed by atoms with E-state index in [0.29, 0.717) is 30.0 Å². The van der Waals surface area contributed by atoms with Crippen LogP contribution in [0, 0.1) is 12.3 Å². The topological polar surface area (TPSA) is 98.2 Å². The fraction of sp³-hybridized carbons (Fsp3) is 0.161. The number of carbonyl (C=O) groups excluding carboxylic acids is 2. The summed E-state index contributed by atoms with van der Waals surface area (Å²) in [7, 11) is 1.83. The Bertz CT molecular complexity index is 1550. The van der Waals surface area contributed by atoms with Crippen LogP contribution in [0.1, 0.15) is 43.5 Å². The van der Waals surface area contributed by atoms with E-state index in [0.717, 1.165) is 27.7 Å². The van der Waals surface area contributed by atoms with Gasteiger partial charge in [-0.15, -0.1) is 0 Å². The van der Waals surface area contributed by atoms with E-state index < -0.39 is 0 Å². The van der Waals surface area contributed by atoms with Crippen LogP contribution in [0.25, 0.3) is 16.6 Å². The highest BCUT2D eigenvalue weighted by molar-refractivity contribution is 6.05. The number of likely N-dealkylation sites (tertiary alicyclic amines) is 1. The highest BCUT2D eigenvalue weighted by atomic mass is 16.2. The molecule has 1 fully saturated rings. The van der Waals surface area contributed by atoms with Crippen molar-refractivity contribution in [2.45, 2.75) is 12.8 Å². The van der Waals surface area contributed by atoms with Crippen molar-refractivity contribution in [3.63, 3.8) is 0 Å². The fourth-order valence-corrected chi connectivity index (χ4v) is 4.65. The van der Waals surface area contributed by atoms with Gasteiger partial charge >= 0.3 is 0 Å². The smallest absolute Gasteiger partial charge is 0.274 e. The third-order valence-corrected chi connectivity index (χ3v) is 6.94. The highest BCUT2D eigenvalue weighted by Crippen LogP contribution is 2.30. The van der Waals surface area contributed by atoms with E-state index in [2.05, 4.69) is 27.8 Å². The van der Waals surface area contributed by atoms with Crippen molar-refractivity contribution in [3.8, 4) is 0 Å². The summed E-state index contributed by atoms with van der Waals surface area (Å²) >= 11 is 0. The van der Waals surface area contributed by atoms with Crippen molar-refractivity contribution in [2.75, 3.05) is 25.5 Å². The van der Waals surface area contributed by atoms with Gasteiger partial charge in [-0.2, -0.15) is 0 Å². The lowest BCUT2D eigenvalue weighted by atomic mass is 9.90. The van der Waals surface area contributed by atoms with Crippen molar-refractivity contribution in [1.82, 2.24) is 15.2 Å². The van der Waals surface area contributed by atoms with Gasteiger partial charge in [-0.25, -0.2) is 4.98 Å². The van der Waals surface area contributed by atoms with Gasteiger partial charge in [0.25, 0.3) is 11.8 Å². The van der Waals surface area contributed by atoms with Crippen molar-refractivity contribution in [2.24, 2.45) is 0 Å². The summed E-state index contributed by atoms with van der Waals surface area (Å²) in [5.41, 5.74) is 6.18. The maximum Gasteiger partial charge on any atom is 0.274 e. The Labute approximate surface area is 221 Å². The highest BCUT2D eigenvalue weighted by Gasteiger charge is 2.32. The number of allylic oxidation sites excluding steroid dienone is 1. The molecule has 7 heteroatoms. The normalized spacial score (nSPS) is 13.6. The molecule has 1 aromatic heterocycles. The van der Waals surface area contributed by atoms with Gasteiger partial charge in [0.1, 0.15) is 5.69 Å². The Morgan fingerprint density at radius 2 is 1.71 bits per heavy atom. The summed E-state index contributed by atoms with van der Waals surface area (Å²) in [5.74, 6) is -0.0854. The standard InChI is InChI=1S/C31H29N5O2/c1-20-7-8-24(17-29(20)35-30(37)28-14-13-22-5-3-4-6-27(22)34-28)31(38)36-18-25(19-36)21-9-11-23(12-10-21)26(33-2)15-16-32/h3-17,25,32-33H,18-19H2,1-2H3,(H,35,37)/b26-15-,32-16?. The number of fused-ring (bicyclic) bond motifs is 1. The summed E-state index contributed by atoms with van der Waals surface area (Å²) < 4.78 is 0. The molecule has 1 aliphatic heterocycles. The molecule has 0 aliphatic carbocycles. The van der Waals surface area contributed by atoms with Crippen LogP contribution < -0.4 is 10.6 Å². The monoisotopic (exact) mass is 503 g/mol. The molecule has 0 unspecified atom stereocenters. The van der Waals surface area contributed by atoms with E-state index in [9.17, 15) is 9.59 Å². The minimum atomic E-state index is -0.312. The summed E-state index contributed by atoms with van der Waals surface area (Å²) in [6.45, 7) is 3.19. The molecule has 38 heavy (non-hydrogen) atoms. The SMILES string of the molecule is CN/C(=C\C=N)c1ccc(C2CN(C(=O)c3ccc(C)c(NC(=O)c4ccc5ccccc5n4)c3)C2)cc1. The largest absolute Gasteiger partial charge is 0.388 e. The van der Waals surface area contributed by atoms with Crippen LogP contribution in [0.5, 0.6) is 0 Å². The number of hydrogen-bond acceptors (Lipinski definition) is 5. The van der Waals surface area contributed by atoms with Crippen LogP contribution in [0.2, 0.25) is 0 Å². The second-order valence-electron chi connectivity index (χ2n) is 9.40. The third-order valence-electron chi connectivity index (χ3n) is 6.94. The summed E-state index contributed by atoms with van der Waals surface area (Å²) in [6.07, 6.45) is 2.98. The summed E-state index contributed by atoms with van der Waals surface area (Å²) in [4.78, 5) is 32.4. The predicted octanol–water partition coefficient (Wildman–Crippen LogP) is 5.24. The molecule has 4 aromatic rings. The number of para-hydroxylation sites is 1. The van der Waals surface area contributed by atoms with Crippen LogP contribution in [-0.2, 0) is 0 Å². The number of benzene rings is 3. The fourth-order valence-electron chi connectivity index (χ4n) is 4.65. The third kappa shape index (κ3) is 5.04. The zero-order chi connectivity index (χ0) is 26.6. The van der Waals surface area contributed by atoms with E-state index in [1.54, 1.807) is 24.3 Å². The van der Waals surface area contributed by atoms with Crippen molar-refractivity contribution in [1.29, 1.82) is 5.41 Å². The molecule has 0 bridgehead atoms. The molecular weight excluding hydrogens is 474 g/mol. The molecular formula is C31H29N5O2. The number of aromatic nitrogens is 1. The van der Waals surface area contributed by atoms with Gasteiger partial charge in [0, 0.05) is 54.6 Å². The number of pyridine rings is 1. The van der Waals surface area contributed by atoms with Gasteiger partial charge in [-0.1, -0.05) is 54.6 Å². The molecule has 0 spiro atoms. The van der Waals surface area contributed by atoms with Crippen molar-refractivity contribution in [3.05, 3.63) is 113 Å². The van der Waals surface area contributed by atoms with Gasteiger partial charge in [0.15, 0.2) is 0 Å². The maximum absolute atomic E-state index is 13.2. The van der Waals surface area contributed by atoms with E-state index in [1.165, 1.54) is 11.8 Å². The number of amides is 2. The second kappa shape index (κ2) is 10.7. The number of nitrogens with zero attached hydrogens (tertiary/aromatic N) is 2. The zero-order valence-corrected chi connectivity index (χ0v) is 21.4. The quantitative estimate of drug-likeness (QED) is 0.300. The van der Waals surface area contributed by atoms with Crippen molar-refractivity contribution >= 4 is 40.3 Å². The second-order valence-corrected chi connectivity index (χ2v) is 9.40. The lowest BCUT2D eigenvalue weighted by molar-refractivity contribution is 0.0602. The Morgan fingerprint density at radius 1 is 0.974 bits per heavy atom. The van der Waals surface area contributed by atoms with Gasteiger partial charge in [-0.3, -0.25) is 9.59 Å². The number of aryl methyl sites for hydroxylation is 1. The molecule has 0 atom stereocenters.